The van der Waals surface area contributed by atoms with Gasteiger partial charge in [0.05, 0.1) is 11.5 Å². The summed E-state index contributed by atoms with van der Waals surface area (Å²) in [5, 5.41) is 12.3. The summed E-state index contributed by atoms with van der Waals surface area (Å²) in [7, 11) is -3.69. The minimum Gasteiger partial charge on any atom is -0.444 e. The number of nitrogens with one attached hydrogen (secondary N) is 1. The maximum Gasteiger partial charge on any atom is 0.407 e. The molecule has 2 atom stereocenters. The first-order valence-electron chi connectivity index (χ1n) is 13.6. The lowest BCUT2D eigenvalue weighted by Gasteiger charge is -2.38. The smallest absolute Gasteiger partial charge is 0.407 e. The maximum absolute atomic E-state index is 15.5. The zero-order valence-corrected chi connectivity index (χ0v) is 23.9. The second-order valence-electron chi connectivity index (χ2n) is 11.8. The van der Waals surface area contributed by atoms with Gasteiger partial charge in [0.15, 0.2) is 0 Å². The van der Waals surface area contributed by atoms with Crippen molar-refractivity contribution < 1.29 is 22.3 Å². The van der Waals surface area contributed by atoms with Gasteiger partial charge >= 0.3 is 6.09 Å². The number of benzene rings is 2. The first kappa shape index (κ1) is 29.0. The third-order valence-electron chi connectivity index (χ3n) is 7.90. The molecule has 1 heterocycles. The lowest BCUT2D eigenvalue weighted by atomic mass is 9.69. The molecule has 2 fully saturated rings. The molecule has 2 aliphatic rings. The third kappa shape index (κ3) is 6.44. The quantitative estimate of drug-likeness (QED) is 0.480. The van der Waals surface area contributed by atoms with Gasteiger partial charge in [0, 0.05) is 24.2 Å². The van der Waals surface area contributed by atoms with Crippen molar-refractivity contribution in [2.24, 2.45) is 0 Å². The first-order chi connectivity index (χ1) is 18.3. The standard InChI is InChI=1S/C30H38FN3O4S/c1-21-10-13-27(22-8-6-5-7-9-22)39(36,37)34(21)19-23-11-12-24(18-26(23)31)30(20-32)16-14-25(15-17-30)33-28(35)38-29(2,3)4/h5-9,11-12,18,21,25,27H,10,13-17,19H2,1-4H3,(H,33,35). The van der Waals surface area contributed by atoms with Gasteiger partial charge in [0.1, 0.15) is 16.7 Å². The molecule has 2 aromatic rings. The first-order valence-corrected chi connectivity index (χ1v) is 15.1. The molecule has 4 rings (SSSR count). The molecular weight excluding hydrogens is 517 g/mol. The van der Waals surface area contributed by atoms with Crippen molar-refractivity contribution in [1.82, 2.24) is 9.62 Å². The van der Waals surface area contributed by atoms with Gasteiger partial charge in [-0.25, -0.2) is 17.6 Å². The Labute approximate surface area is 231 Å². The van der Waals surface area contributed by atoms with Gasteiger partial charge in [-0.1, -0.05) is 42.5 Å². The highest BCUT2D eigenvalue weighted by atomic mass is 32.2. The van der Waals surface area contributed by atoms with E-state index in [1.54, 1.807) is 32.9 Å². The highest BCUT2D eigenvalue weighted by Crippen LogP contribution is 2.41. The molecule has 0 spiro atoms. The summed E-state index contributed by atoms with van der Waals surface area (Å²) >= 11 is 0. The minimum atomic E-state index is -3.69. The highest BCUT2D eigenvalue weighted by molar-refractivity contribution is 7.89. The molecule has 7 nitrogen and oxygen atoms in total. The van der Waals surface area contributed by atoms with Gasteiger partial charge in [-0.2, -0.15) is 9.57 Å². The Kier molecular flexibility index (Phi) is 8.38. The van der Waals surface area contributed by atoms with Gasteiger partial charge in [0.2, 0.25) is 10.0 Å². The van der Waals surface area contributed by atoms with E-state index >= 15 is 4.39 Å². The second-order valence-corrected chi connectivity index (χ2v) is 13.9. The maximum atomic E-state index is 15.5. The van der Waals surface area contributed by atoms with Gasteiger partial charge in [-0.15, -0.1) is 0 Å². The summed E-state index contributed by atoms with van der Waals surface area (Å²) in [5.41, 5.74) is 0.157. The summed E-state index contributed by atoms with van der Waals surface area (Å²) in [6.07, 6.45) is 2.82. The number of carbonyl (C=O) groups is 1. The topological polar surface area (TPSA) is 99.5 Å². The molecule has 0 radical (unpaired) electrons. The van der Waals surface area contributed by atoms with Crippen molar-refractivity contribution in [2.45, 2.75) is 101 Å². The summed E-state index contributed by atoms with van der Waals surface area (Å²) in [5.74, 6) is -0.514. The summed E-state index contributed by atoms with van der Waals surface area (Å²) < 4.78 is 49.3. The van der Waals surface area contributed by atoms with E-state index in [-0.39, 0.29) is 24.2 Å². The molecule has 1 amide bonds. The van der Waals surface area contributed by atoms with Gasteiger partial charge in [-0.3, -0.25) is 0 Å². The van der Waals surface area contributed by atoms with E-state index in [1.165, 1.54) is 10.4 Å². The van der Waals surface area contributed by atoms with Crippen LogP contribution in [0.1, 0.15) is 88.2 Å². The Morgan fingerprint density at radius 1 is 1.13 bits per heavy atom. The van der Waals surface area contributed by atoms with Crippen LogP contribution in [0.25, 0.3) is 0 Å². The van der Waals surface area contributed by atoms with Gasteiger partial charge < -0.3 is 10.1 Å². The molecule has 1 N–H and O–H groups in total. The van der Waals surface area contributed by atoms with Gasteiger partial charge in [0.25, 0.3) is 0 Å². The molecule has 1 aliphatic heterocycles. The van der Waals surface area contributed by atoms with E-state index in [0.29, 0.717) is 44.1 Å². The Morgan fingerprint density at radius 3 is 2.38 bits per heavy atom. The van der Waals surface area contributed by atoms with Crippen LogP contribution in [0.2, 0.25) is 0 Å². The fourth-order valence-electron chi connectivity index (χ4n) is 5.69. The molecule has 9 heteroatoms. The summed E-state index contributed by atoms with van der Waals surface area (Å²) in [6.45, 7) is 7.21. The third-order valence-corrected chi connectivity index (χ3v) is 10.3. The van der Waals surface area contributed by atoms with Crippen LogP contribution in [0.15, 0.2) is 48.5 Å². The Bertz CT molecular complexity index is 1330. The van der Waals surface area contributed by atoms with Crippen molar-refractivity contribution in [3.8, 4) is 6.07 Å². The van der Waals surface area contributed by atoms with Crippen molar-refractivity contribution in [3.05, 3.63) is 71.0 Å². The number of hydrogen-bond donors (Lipinski definition) is 1. The minimum absolute atomic E-state index is 0.0552. The molecule has 39 heavy (non-hydrogen) atoms. The number of alkyl carbamates (subject to hydrolysis) is 1. The molecule has 0 aromatic heterocycles. The number of nitrogens with zero attached hydrogens (tertiary/aromatic N) is 2. The van der Waals surface area contributed by atoms with Crippen LogP contribution in [0.4, 0.5) is 9.18 Å². The molecule has 0 bridgehead atoms. The zero-order valence-electron chi connectivity index (χ0n) is 23.1. The largest absolute Gasteiger partial charge is 0.444 e. The van der Waals surface area contributed by atoms with Crippen LogP contribution >= 0.6 is 0 Å². The van der Waals surface area contributed by atoms with E-state index in [0.717, 1.165) is 5.56 Å². The van der Waals surface area contributed by atoms with Crippen LogP contribution in [-0.2, 0) is 26.7 Å². The fourth-order valence-corrected chi connectivity index (χ4v) is 7.88. The molecule has 2 unspecified atom stereocenters. The predicted octanol–water partition coefficient (Wildman–Crippen LogP) is 6.11. The Hall–Kier alpha value is -2.96. The van der Waals surface area contributed by atoms with Crippen LogP contribution in [0.3, 0.4) is 0 Å². The monoisotopic (exact) mass is 555 g/mol. The van der Waals surface area contributed by atoms with Crippen molar-refractivity contribution >= 4 is 16.1 Å². The second kappa shape index (κ2) is 11.3. The molecule has 1 aliphatic carbocycles. The number of nitriles is 1. The average molecular weight is 556 g/mol. The number of ether oxygens (including phenoxy) is 1. The van der Waals surface area contributed by atoms with Crippen LogP contribution < -0.4 is 5.32 Å². The van der Waals surface area contributed by atoms with Crippen LogP contribution in [0.5, 0.6) is 0 Å². The lowest BCUT2D eigenvalue weighted by Crippen LogP contribution is -2.45. The van der Waals surface area contributed by atoms with Crippen molar-refractivity contribution in [2.75, 3.05) is 0 Å². The van der Waals surface area contributed by atoms with E-state index in [9.17, 15) is 18.5 Å². The number of hydrogen-bond acceptors (Lipinski definition) is 5. The molecule has 2 aromatic carbocycles. The Morgan fingerprint density at radius 2 is 1.79 bits per heavy atom. The van der Waals surface area contributed by atoms with Crippen LogP contribution in [-0.4, -0.2) is 36.5 Å². The SMILES string of the molecule is CC1CCC(c2ccccc2)S(=O)(=O)N1Cc1ccc(C2(C#N)CCC(NC(=O)OC(C)(C)C)CC2)cc1F. The predicted molar refractivity (Wildman–Crippen MR) is 148 cm³/mol. The number of rotatable bonds is 5. The summed E-state index contributed by atoms with van der Waals surface area (Å²) in [4.78, 5) is 12.1. The van der Waals surface area contributed by atoms with Gasteiger partial charge in [-0.05, 0) is 83.4 Å². The zero-order chi connectivity index (χ0) is 28.4. The fraction of sp³-hybridized carbons (Fsp3) is 0.533. The van der Waals surface area contributed by atoms with E-state index in [2.05, 4.69) is 11.4 Å². The highest BCUT2D eigenvalue weighted by Gasteiger charge is 2.41. The van der Waals surface area contributed by atoms with Crippen molar-refractivity contribution in [3.63, 3.8) is 0 Å². The molecular formula is C30H38FN3O4S. The Balaban J connectivity index is 1.47. The van der Waals surface area contributed by atoms with Crippen molar-refractivity contribution in [1.29, 1.82) is 5.26 Å². The molecule has 210 valence electrons. The number of sulfonamides is 1. The average Bonchev–Trinajstić information content (AvgIpc) is 2.87. The molecule has 1 saturated carbocycles. The normalized spacial score (nSPS) is 27.3. The summed E-state index contributed by atoms with van der Waals surface area (Å²) in [6, 6.07) is 16.0. The molecule has 1 saturated heterocycles. The number of halogens is 1. The van der Waals surface area contributed by atoms with E-state index in [1.807, 2.05) is 37.3 Å². The van der Waals surface area contributed by atoms with Crippen LogP contribution in [0, 0.1) is 17.1 Å². The number of amides is 1. The van der Waals surface area contributed by atoms with E-state index in [4.69, 9.17) is 4.74 Å². The lowest BCUT2D eigenvalue weighted by molar-refractivity contribution is 0.0487. The van der Waals surface area contributed by atoms with E-state index < -0.39 is 38.2 Å². The number of carbonyl (C=O) groups excluding carboxylic acids is 1.